The molecule has 96 valence electrons. The molecule has 1 rings (SSSR count). The van der Waals surface area contributed by atoms with Gasteiger partial charge in [0.25, 0.3) is 0 Å². The van der Waals surface area contributed by atoms with Crippen molar-refractivity contribution in [1.29, 1.82) is 0 Å². The van der Waals surface area contributed by atoms with Gasteiger partial charge in [-0.25, -0.2) is 8.42 Å². The minimum absolute atomic E-state index is 0.342. The quantitative estimate of drug-likeness (QED) is 0.758. The lowest BCUT2D eigenvalue weighted by Crippen LogP contribution is -2.36. The number of hydrogen-bond acceptors (Lipinski definition) is 4. The molecular formula is C11H23NO2S2. The minimum atomic E-state index is -2.78. The second-order valence-electron chi connectivity index (χ2n) is 4.63. The van der Waals surface area contributed by atoms with Gasteiger partial charge in [0, 0.05) is 23.8 Å². The van der Waals surface area contributed by atoms with E-state index in [1.54, 1.807) is 0 Å². The lowest BCUT2D eigenvalue weighted by Gasteiger charge is -2.19. The van der Waals surface area contributed by atoms with Crippen LogP contribution < -0.4 is 5.32 Å². The van der Waals surface area contributed by atoms with Crippen LogP contribution in [-0.2, 0) is 9.84 Å². The lowest BCUT2D eigenvalue weighted by atomic mass is 9.98. The number of sulfone groups is 1. The number of thioether (sulfide) groups is 1. The average molecular weight is 265 g/mol. The molecule has 0 radical (unpaired) electrons. The topological polar surface area (TPSA) is 46.2 Å². The summed E-state index contributed by atoms with van der Waals surface area (Å²) in [4.78, 5) is 0. The number of hydrogen-bond donors (Lipinski definition) is 1. The van der Waals surface area contributed by atoms with E-state index in [0.717, 1.165) is 25.8 Å². The molecule has 2 atom stereocenters. The van der Waals surface area contributed by atoms with Gasteiger partial charge in [-0.3, -0.25) is 0 Å². The molecule has 1 heterocycles. The summed E-state index contributed by atoms with van der Waals surface area (Å²) in [5.74, 6) is 3.38. The lowest BCUT2D eigenvalue weighted by molar-refractivity contribution is 0.402. The second kappa shape index (κ2) is 6.87. The van der Waals surface area contributed by atoms with Gasteiger partial charge >= 0.3 is 0 Å². The largest absolute Gasteiger partial charge is 0.313 e. The second-order valence-corrected chi connectivity index (χ2v) is 7.96. The maximum atomic E-state index is 11.0. The highest BCUT2D eigenvalue weighted by Gasteiger charge is 2.26. The molecule has 0 aromatic rings. The van der Waals surface area contributed by atoms with Crippen LogP contribution in [0.2, 0.25) is 0 Å². The van der Waals surface area contributed by atoms with Gasteiger partial charge in [-0.15, -0.1) is 0 Å². The maximum absolute atomic E-state index is 11.0. The van der Waals surface area contributed by atoms with Gasteiger partial charge in [0.1, 0.15) is 9.84 Å². The highest BCUT2D eigenvalue weighted by atomic mass is 32.2. The van der Waals surface area contributed by atoms with Crippen LogP contribution in [0.5, 0.6) is 0 Å². The molecule has 1 saturated heterocycles. The summed E-state index contributed by atoms with van der Waals surface area (Å²) < 4.78 is 22.1. The predicted molar refractivity (Wildman–Crippen MR) is 71.8 cm³/mol. The Balaban J connectivity index is 2.24. The highest BCUT2D eigenvalue weighted by molar-refractivity contribution is 7.99. The van der Waals surface area contributed by atoms with Crippen LogP contribution >= 0.6 is 11.8 Å². The SMILES string of the molecule is CCCNC1CSCC1CCCS(C)(=O)=O. The number of rotatable bonds is 7. The first-order valence-electron chi connectivity index (χ1n) is 6.02. The van der Waals surface area contributed by atoms with Crippen molar-refractivity contribution in [3.05, 3.63) is 0 Å². The summed E-state index contributed by atoms with van der Waals surface area (Å²) in [6.45, 7) is 3.25. The van der Waals surface area contributed by atoms with E-state index in [2.05, 4.69) is 12.2 Å². The van der Waals surface area contributed by atoms with Crippen molar-refractivity contribution < 1.29 is 8.42 Å². The van der Waals surface area contributed by atoms with Crippen LogP contribution in [0.15, 0.2) is 0 Å². The molecule has 0 aromatic carbocycles. The van der Waals surface area contributed by atoms with Gasteiger partial charge in [-0.2, -0.15) is 11.8 Å². The van der Waals surface area contributed by atoms with Crippen LogP contribution in [0.4, 0.5) is 0 Å². The molecule has 0 amide bonds. The van der Waals surface area contributed by atoms with Crippen LogP contribution in [0, 0.1) is 5.92 Å². The third kappa shape index (κ3) is 5.55. The molecule has 1 fully saturated rings. The molecule has 0 saturated carbocycles. The zero-order chi connectivity index (χ0) is 12.0. The van der Waals surface area contributed by atoms with Crippen molar-refractivity contribution in [2.45, 2.75) is 32.2 Å². The summed E-state index contributed by atoms with van der Waals surface area (Å²) in [7, 11) is -2.78. The van der Waals surface area contributed by atoms with Crippen LogP contribution in [-0.4, -0.2) is 44.5 Å². The normalized spacial score (nSPS) is 26.1. The summed E-state index contributed by atoms with van der Waals surface area (Å²) in [5, 5.41) is 3.56. The van der Waals surface area contributed by atoms with E-state index in [1.807, 2.05) is 11.8 Å². The van der Waals surface area contributed by atoms with E-state index in [9.17, 15) is 8.42 Å². The third-order valence-electron chi connectivity index (χ3n) is 2.94. The van der Waals surface area contributed by atoms with Gasteiger partial charge in [-0.05, 0) is 37.5 Å². The molecule has 0 spiro atoms. The first-order chi connectivity index (χ1) is 7.53. The van der Waals surface area contributed by atoms with Gasteiger partial charge in [-0.1, -0.05) is 6.92 Å². The molecule has 0 bridgehead atoms. The van der Waals surface area contributed by atoms with E-state index in [1.165, 1.54) is 17.8 Å². The number of nitrogens with one attached hydrogen (secondary N) is 1. The summed E-state index contributed by atoms with van der Waals surface area (Å²) in [6, 6.07) is 0.601. The van der Waals surface area contributed by atoms with E-state index >= 15 is 0 Å². The molecular weight excluding hydrogens is 242 g/mol. The molecule has 1 aliphatic rings. The molecule has 16 heavy (non-hydrogen) atoms. The maximum Gasteiger partial charge on any atom is 0.147 e. The van der Waals surface area contributed by atoms with Gasteiger partial charge in [0.15, 0.2) is 0 Å². The molecule has 0 aromatic heterocycles. The molecule has 0 aliphatic carbocycles. The van der Waals surface area contributed by atoms with Crippen molar-refractivity contribution in [1.82, 2.24) is 5.32 Å². The van der Waals surface area contributed by atoms with Crippen LogP contribution in [0.1, 0.15) is 26.2 Å². The standard InChI is InChI=1S/C11H23NO2S2/c1-3-6-12-11-9-15-8-10(11)5-4-7-16(2,13)14/h10-12H,3-9H2,1-2H3. The Morgan fingerprint density at radius 1 is 1.38 bits per heavy atom. The zero-order valence-electron chi connectivity index (χ0n) is 10.2. The van der Waals surface area contributed by atoms with Gasteiger partial charge < -0.3 is 5.32 Å². The summed E-state index contributed by atoms with van der Waals surface area (Å²) in [6.07, 6.45) is 4.34. The van der Waals surface area contributed by atoms with Gasteiger partial charge in [0.2, 0.25) is 0 Å². The first kappa shape index (κ1) is 14.3. The van der Waals surface area contributed by atoms with E-state index < -0.39 is 9.84 Å². The Morgan fingerprint density at radius 3 is 2.75 bits per heavy atom. The Morgan fingerprint density at radius 2 is 2.12 bits per heavy atom. The Labute approximate surface area is 104 Å². The average Bonchev–Trinajstić information content (AvgIpc) is 2.60. The van der Waals surface area contributed by atoms with Crippen molar-refractivity contribution in [3.8, 4) is 0 Å². The van der Waals surface area contributed by atoms with E-state index in [-0.39, 0.29) is 0 Å². The first-order valence-corrected chi connectivity index (χ1v) is 9.23. The van der Waals surface area contributed by atoms with Crippen molar-refractivity contribution in [2.24, 2.45) is 5.92 Å². The van der Waals surface area contributed by atoms with Crippen molar-refractivity contribution >= 4 is 21.6 Å². The van der Waals surface area contributed by atoms with E-state index in [0.29, 0.717) is 17.7 Å². The minimum Gasteiger partial charge on any atom is -0.313 e. The highest BCUT2D eigenvalue weighted by Crippen LogP contribution is 2.28. The Kier molecular flexibility index (Phi) is 6.15. The third-order valence-corrected chi connectivity index (χ3v) is 5.23. The predicted octanol–water partition coefficient (Wildman–Crippen LogP) is 1.54. The van der Waals surface area contributed by atoms with E-state index in [4.69, 9.17) is 0 Å². The zero-order valence-corrected chi connectivity index (χ0v) is 11.9. The van der Waals surface area contributed by atoms with Gasteiger partial charge in [0.05, 0.1) is 0 Å². The fourth-order valence-corrected chi connectivity index (χ4v) is 4.22. The monoisotopic (exact) mass is 265 g/mol. The fraction of sp³-hybridized carbons (Fsp3) is 1.00. The summed E-state index contributed by atoms with van der Waals surface area (Å²) in [5.41, 5.74) is 0. The molecule has 1 aliphatic heterocycles. The van der Waals surface area contributed by atoms with Crippen molar-refractivity contribution in [3.63, 3.8) is 0 Å². The molecule has 2 unspecified atom stereocenters. The molecule has 3 nitrogen and oxygen atoms in total. The Bertz CT molecular complexity index is 290. The van der Waals surface area contributed by atoms with Crippen molar-refractivity contribution in [2.75, 3.05) is 30.1 Å². The molecule has 5 heteroatoms. The smallest absolute Gasteiger partial charge is 0.147 e. The van der Waals surface area contributed by atoms with Crippen LogP contribution in [0.3, 0.4) is 0 Å². The van der Waals surface area contributed by atoms with Crippen LogP contribution in [0.25, 0.3) is 0 Å². The summed E-state index contributed by atoms with van der Waals surface area (Å²) >= 11 is 1.99. The fourth-order valence-electron chi connectivity index (χ4n) is 2.05. The molecule has 1 N–H and O–H groups in total. The Hall–Kier alpha value is 0.260.